The quantitative estimate of drug-likeness (QED) is 0.774. The van der Waals surface area contributed by atoms with Crippen molar-refractivity contribution in [2.75, 3.05) is 18.0 Å². The van der Waals surface area contributed by atoms with E-state index in [0.29, 0.717) is 37.5 Å². The molecule has 0 aromatic heterocycles. The Kier molecular flexibility index (Phi) is 6.43. The molecule has 0 aliphatic carbocycles. The van der Waals surface area contributed by atoms with Crippen molar-refractivity contribution in [1.82, 2.24) is 10.6 Å². The SMILES string of the molecule is CC(C)C(C)NC(=O)NCc1ccc(N2CCC(O)CC2)c(F)c1. The van der Waals surface area contributed by atoms with Crippen LogP contribution in [0.2, 0.25) is 0 Å². The Morgan fingerprint density at radius 2 is 2.00 bits per heavy atom. The van der Waals surface area contributed by atoms with E-state index in [9.17, 15) is 14.3 Å². The Morgan fingerprint density at radius 1 is 1.33 bits per heavy atom. The normalized spacial score (nSPS) is 17.0. The molecule has 0 saturated carbocycles. The van der Waals surface area contributed by atoms with Crippen molar-refractivity contribution in [3.05, 3.63) is 29.6 Å². The van der Waals surface area contributed by atoms with Crippen molar-refractivity contribution in [2.24, 2.45) is 5.92 Å². The average Bonchev–Trinajstić information content (AvgIpc) is 2.54. The second-order valence-corrected chi connectivity index (χ2v) is 6.86. The number of anilines is 1. The average molecular weight is 337 g/mol. The number of urea groups is 1. The number of piperidine rings is 1. The summed E-state index contributed by atoms with van der Waals surface area (Å²) in [6.45, 7) is 7.63. The van der Waals surface area contributed by atoms with Gasteiger partial charge >= 0.3 is 6.03 Å². The molecule has 0 radical (unpaired) electrons. The fourth-order valence-electron chi connectivity index (χ4n) is 2.63. The third-order valence-electron chi connectivity index (χ3n) is 4.63. The first-order valence-corrected chi connectivity index (χ1v) is 8.62. The number of amides is 2. The zero-order chi connectivity index (χ0) is 17.7. The predicted octanol–water partition coefficient (Wildman–Crippen LogP) is 2.63. The summed E-state index contributed by atoms with van der Waals surface area (Å²) >= 11 is 0. The van der Waals surface area contributed by atoms with Crippen molar-refractivity contribution in [1.29, 1.82) is 0 Å². The van der Waals surface area contributed by atoms with Gasteiger partial charge in [-0.25, -0.2) is 9.18 Å². The van der Waals surface area contributed by atoms with Crippen LogP contribution in [0.4, 0.5) is 14.9 Å². The fraction of sp³-hybridized carbons (Fsp3) is 0.611. The van der Waals surface area contributed by atoms with E-state index >= 15 is 0 Å². The molecule has 5 nitrogen and oxygen atoms in total. The van der Waals surface area contributed by atoms with Gasteiger partial charge in [-0.2, -0.15) is 0 Å². The minimum Gasteiger partial charge on any atom is -0.393 e. The van der Waals surface area contributed by atoms with Gasteiger partial charge in [0, 0.05) is 25.7 Å². The summed E-state index contributed by atoms with van der Waals surface area (Å²) in [4.78, 5) is 13.8. The number of hydrogen-bond donors (Lipinski definition) is 3. The van der Waals surface area contributed by atoms with Crippen LogP contribution in [0.5, 0.6) is 0 Å². The largest absolute Gasteiger partial charge is 0.393 e. The molecule has 1 saturated heterocycles. The Morgan fingerprint density at radius 3 is 2.58 bits per heavy atom. The van der Waals surface area contributed by atoms with Gasteiger partial charge in [-0.3, -0.25) is 0 Å². The molecule has 3 N–H and O–H groups in total. The lowest BCUT2D eigenvalue weighted by Gasteiger charge is -2.31. The zero-order valence-corrected chi connectivity index (χ0v) is 14.7. The van der Waals surface area contributed by atoms with Gasteiger partial charge in [-0.1, -0.05) is 19.9 Å². The molecule has 1 unspecified atom stereocenters. The van der Waals surface area contributed by atoms with Crippen LogP contribution in [0.3, 0.4) is 0 Å². The van der Waals surface area contributed by atoms with Gasteiger partial charge in [0.25, 0.3) is 0 Å². The van der Waals surface area contributed by atoms with Gasteiger partial charge in [0.1, 0.15) is 5.82 Å². The molecule has 2 rings (SSSR count). The molecule has 1 aromatic carbocycles. The lowest BCUT2D eigenvalue weighted by Crippen LogP contribution is -2.42. The van der Waals surface area contributed by atoms with Crippen LogP contribution in [-0.2, 0) is 6.54 Å². The van der Waals surface area contributed by atoms with Gasteiger partial charge in [-0.15, -0.1) is 0 Å². The summed E-state index contributed by atoms with van der Waals surface area (Å²) < 4.78 is 14.3. The van der Waals surface area contributed by atoms with E-state index < -0.39 is 0 Å². The first-order chi connectivity index (χ1) is 11.4. The van der Waals surface area contributed by atoms with Gasteiger partial charge < -0.3 is 20.6 Å². The summed E-state index contributed by atoms with van der Waals surface area (Å²) in [7, 11) is 0. The van der Waals surface area contributed by atoms with E-state index in [4.69, 9.17) is 0 Å². The highest BCUT2D eigenvalue weighted by atomic mass is 19.1. The predicted molar refractivity (Wildman–Crippen MR) is 93.5 cm³/mol. The van der Waals surface area contributed by atoms with Crippen LogP contribution in [0.15, 0.2) is 18.2 Å². The van der Waals surface area contributed by atoms with E-state index in [-0.39, 0.29) is 30.5 Å². The van der Waals surface area contributed by atoms with E-state index in [1.165, 1.54) is 6.07 Å². The van der Waals surface area contributed by atoms with Crippen molar-refractivity contribution in [3.63, 3.8) is 0 Å². The molecule has 1 aliphatic rings. The molecule has 6 heteroatoms. The third-order valence-corrected chi connectivity index (χ3v) is 4.63. The number of carbonyl (C=O) groups is 1. The van der Waals surface area contributed by atoms with Gasteiger partial charge in [0.05, 0.1) is 11.8 Å². The molecule has 134 valence electrons. The molecule has 1 atom stereocenters. The highest BCUT2D eigenvalue weighted by Crippen LogP contribution is 2.24. The summed E-state index contributed by atoms with van der Waals surface area (Å²) in [5.74, 6) is 0.0668. The first-order valence-electron chi connectivity index (χ1n) is 8.62. The van der Waals surface area contributed by atoms with Crippen molar-refractivity contribution in [2.45, 2.75) is 52.3 Å². The fourth-order valence-corrected chi connectivity index (χ4v) is 2.63. The smallest absolute Gasteiger partial charge is 0.315 e. The molecule has 1 heterocycles. The standard InChI is InChI=1S/C18H28FN3O2/c1-12(2)13(3)21-18(24)20-11-14-4-5-17(16(19)10-14)22-8-6-15(23)7-9-22/h4-5,10,12-13,15,23H,6-9,11H2,1-3H3,(H2,20,21,24). The van der Waals surface area contributed by atoms with E-state index in [1.54, 1.807) is 6.07 Å². The maximum absolute atomic E-state index is 14.3. The maximum atomic E-state index is 14.3. The number of hydrogen-bond acceptors (Lipinski definition) is 3. The van der Waals surface area contributed by atoms with Gasteiger partial charge in [-0.05, 0) is 43.4 Å². The van der Waals surface area contributed by atoms with E-state index in [1.807, 2.05) is 31.7 Å². The lowest BCUT2D eigenvalue weighted by atomic mass is 10.1. The van der Waals surface area contributed by atoms with Crippen molar-refractivity contribution < 1.29 is 14.3 Å². The number of aliphatic hydroxyl groups excluding tert-OH is 1. The monoisotopic (exact) mass is 337 g/mol. The third kappa shape index (κ3) is 5.09. The molecule has 0 bridgehead atoms. The second kappa shape index (κ2) is 8.33. The molecule has 1 aliphatic heterocycles. The number of benzene rings is 1. The van der Waals surface area contributed by atoms with Crippen LogP contribution < -0.4 is 15.5 Å². The number of rotatable bonds is 5. The van der Waals surface area contributed by atoms with Crippen molar-refractivity contribution >= 4 is 11.7 Å². The molecule has 0 spiro atoms. The molecule has 1 aromatic rings. The lowest BCUT2D eigenvalue weighted by molar-refractivity contribution is 0.145. The Labute approximate surface area is 143 Å². The van der Waals surface area contributed by atoms with Gasteiger partial charge in [0.2, 0.25) is 0 Å². The van der Waals surface area contributed by atoms with Crippen LogP contribution in [0.25, 0.3) is 0 Å². The molecular formula is C18H28FN3O2. The minimum atomic E-state index is -0.290. The molecule has 2 amide bonds. The highest BCUT2D eigenvalue weighted by Gasteiger charge is 2.19. The Balaban J connectivity index is 1.89. The number of nitrogens with one attached hydrogen (secondary N) is 2. The van der Waals surface area contributed by atoms with Crippen LogP contribution in [0, 0.1) is 11.7 Å². The maximum Gasteiger partial charge on any atom is 0.315 e. The Bertz CT molecular complexity index is 557. The topological polar surface area (TPSA) is 64.6 Å². The van der Waals surface area contributed by atoms with Crippen LogP contribution in [-0.4, -0.2) is 36.4 Å². The summed E-state index contributed by atoms with van der Waals surface area (Å²) in [5.41, 5.74) is 1.28. The minimum absolute atomic E-state index is 0.0820. The van der Waals surface area contributed by atoms with E-state index in [0.717, 1.165) is 5.56 Å². The number of halogens is 1. The van der Waals surface area contributed by atoms with Crippen LogP contribution in [0.1, 0.15) is 39.2 Å². The number of aliphatic hydroxyl groups is 1. The number of carbonyl (C=O) groups excluding carboxylic acids is 1. The Hall–Kier alpha value is -1.82. The first kappa shape index (κ1) is 18.5. The zero-order valence-electron chi connectivity index (χ0n) is 14.7. The molecular weight excluding hydrogens is 309 g/mol. The second-order valence-electron chi connectivity index (χ2n) is 6.86. The van der Waals surface area contributed by atoms with E-state index in [2.05, 4.69) is 10.6 Å². The summed E-state index contributed by atoms with van der Waals surface area (Å²) in [5, 5.41) is 15.1. The number of nitrogens with zero attached hydrogens (tertiary/aromatic N) is 1. The summed E-state index contributed by atoms with van der Waals surface area (Å²) in [6, 6.07) is 4.88. The summed E-state index contributed by atoms with van der Waals surface area (Å²) in [6.07, 6.45) is 1.05. The molecule has 1 fully saturated rings. The van der Waals surface area contributed by atoms with Crippen molar-refractivity contribution in [3.8, 4) is 0 Å². The molecule has 24 heavy (non-hydrogen) atoms. The van der Waals surface area contributed by atoms with Crippen LogP contribution >= 0.6 is 0 Å². The highest BCUT2D eigenvalue weighted by molar-refractivity contribution is 5.74. The van der Waals surface area contributed by atoms with Gasteiger partial charge in [0.15, 0.2) is 0 Å².